The molecule has 0 radical (unpaired) electrons. The molecule has 1 N–H and O–H groups in total. The molecule has 1 saturated heterocycles. The van der Waals surface area contributed by atoms with Gasteiger partial charge in [0.25, 0.3) is 0 Å². The molecule has 1 aliphatic heterocycles. The normalized spacial score (nSPS) is 23.0. The lowest BCUT2D eigenvalue weighted by molar-refractivity contribution is 0.106. The molecule has 2 aromatic rings. The van der Waals surface area contributed by atoms with Crippen molar-refractivity contribution in [2.24, 2.45) is 5.92 Å². The van der Waals surface area contributed by atoms with Crippen LogP contribution in [0.1, 0.15) is 41.9 Å². The first-order valence-corrected chi connectivity index (χ1v) is 13.3. The molecule has 32 heavy (non-hydrogen) atoms. The molecule has 2 unspecified atom stereocenters. The van der Waals surface area contributed by atoms with Crippen LogP contribution in [-0.4, -0.2) is 51.4 Å². The van der Waals surface area contributed by atoms with Crippen molar-refractivity contribution in [1.29, 1.82) is 0 Å². The Bertz CT molecular complexity index is 1070. The molecule has 7 heteroatoms. The Kier molecular flexibility index (Phi) is 6.23. The third-order valence-corrected chi connectivity index (χ3v) is 8.51. The highest BCUT2D eigenvalue weighted by Crippen LogP contribution is 2.41. The summed E-state index contributed by atoms with van der Waals surface area (Å²) in [6, 6.07) is 13.6. The zero-order chi connectivity index (χ0) is 22.1. The van der Waals surface area contributed by atoms with Gasteiger partial charge in [0.2, 0.25) is 10.0 Å². The molecule has 5 nitrogen and oxygen atoms in total. The number of halogens is 1. The summed E-state index contributed by atoms with van der Waals surface area (Å²) < 4.78 is 46.4. The molecule has 1 heterocycles. The maximum atomic E-state index is 13.8. The minimum atomic E-state index is -3.21. The van der Waals surface area contributed by atoms with Crippen molar-refractivity contribution in [2.75, 3.05) is 32.0 Å². The second-order valence-corrected chi connectivity index (χ2v) is 11.3. The number of fused-ring (bicyclic) bond motifs is 1. The van der Waals surface area contributed by atoms with Crippen molar-refractivity contribution >= 4 is 10.0 Å². The summed E-state index contributed by atoms with van der Waals surface area (Å²) in [6.45, 7) is 2.83. The fourth-order valence-corrected chi connectivity index (χ4v) is 6.47. The lowest BCUT2D eigenvalue weighted by Crippen LogP contribution is -2.47. The van der Waals surface area contributed by atoms with E-state index in [2.05, 4.69) is 21.8 Å². The van der Waals surface area contributed by atoms with Crippen LogP contribution in [0, 0.1) is 11.7 Å². The first-order chi connectivity index (χ1) is 15.5. The number of hydrogen-bond acceptors (Lipinski definition) is 4. The van der Waals surface area contributed by atoms with Gasteiger partial charge in [-0.2, -0.15) is 0 Å². The van der Waals surface area contributed by atoms with Crippen molar-refractivity contribution in [1.82, 2.24) is 9.62 Å². The van der Waals surface area contributed by atoms with Gasteiger partial charge in [-0.1, -0.05) is 18.2 Å². The fourth-order valence-electron chi connectivity index (χ4n) is 5.01. The summed E-state index contributed by atoms with van der Waals surface area (Å²) in [6.07, 6.45) is 5.08. The molecule has 0 amide bonds. The summed E-state index contributed by atoms with van der Waals surface area (Å²) in [7, 11) is -3.21. The van der Waals surface area contributed by atoms with E-state index in [0.717, 1.165) is 50.1 Å². The average Bonchev–Trinajstić information content (AvgIpc) is 3.45. The zero-order valence-corrected chi connectivity index (χ0v) is 19.1. The molecular weight excluding hydrogens is 427 g/mol. The molecule has 5 rings (SSSR count). The Morgan fingerprint density at radius 1 is 1.12 bits per heavy atom. The number of nitrogens with one attached hydrogen (secondary N) is 1. The summed E-state index contributed by atoms with van der Waals surface area (Å²) in [5, 5.41) is 0. The molecule has 2 atom stereocenters. The Morgan fingerprint density at radius 2 is 1.97 bits per heavy atom. The second-order valence-electron chi connectivity index (χ2n) is 9.43. The molecule has 0 aromatic heterocycles. The topological polar surface area (TPSA) is 58.6 Å². The van der Waals surface area contributed by atoms with Crippen LogP contribution in [0.3, 0.4) is 0 Å². The molecule has 2 aromatic carbocycles. The Morgan fingerprint density at radius 3 is 2.69 bits per heavy atom. The predicted octanol–water partition coefficient (Wildman–Crippen LogP) is 3.49. The van der Waals surface area contributed by atoms with E-state index in [1.54, 1.807) is 12.1 Å². The first kappa shape index (κ1) is 21.9. The van der Waals surface area contributed by atoms with Gasteiger partial charge in [-0.3, -0.25) is 4.90 Å². The molecule has 2 aliphatic carbocycles. The van der Waals surface area contributed by atoms with Crippen LogP contribution in [0.2, 0.25) is 0 Å². The number of rotatable bonds is 10. The van der Waals surface area contributed by atoms with E-state index in [1.807, 2.05) is 12.1 Å². The number of hydrogen-bond donors (Lipinski definition) is 1. The largest absolute Gasteiger partial charge is 0.492 e. The number of benzene rings is 2. The van der Waals surface area contributed by atoms with Crippen molar-refractivity contribution in [3.05, 3.63) is 65.0 Å². The second kappa shape index (κ2) is 9.12. The van der Waals surface area contributed by atoms with Gasteiger partial charge in [-0.25, -0.2) is 17.5 Å². The van der Waals surface area contributed by atoms with Gasteiger partial charge in [0.15, 0.2) is 0 Å². The smallest absolute Gasteiger partial charge is 0.211 e. The van der Waals surface area contributed by atoms with E-state index in [9.17, 15) is 12.8 Å². The van der Waals surface area contributed by atoms with Crippen LogP contribution in [0.15, 0.2) is 42.5 Å². The quantitative estimate of drug-likeness (QED) is 0.554. The number of nitrogens with zero attached hydrogens (tertiary/aromatic N) is 1. The highest BCUT2D eigenvalue weighted by atomic mass is 32.2. The van der Waals surface area contributed by atoms with Gasteiger partial charge in [-0.05, 0) is 92.1 Å². The molecular formula is C25H31FN2O3S. The average molecular weight is 459 g/mol. The van der Waals surface area contributed by atoms with E-state index in [4.69, 9.17) is 4.74 Å². The SMILES string of the molecule is O=S(=O)(CC1CC1)NCCOc1ccc2c(c1)C(Cc1cccc(F)c1)C(N1CCC1)C2. The predicted molar refractivity (Wildman–Crippen MR) is 123 cm³/mol. The van der Waals surface area contributed by atoms with Gasteiger partial charge in [0.1, 0.15) is 18.2 Å². The monoisotopic (exact) mass is 458 g/mol. The van der Waals surface area contributed by atoms with Crippen molar-refractivity contribution < 1.29 is 17.5 Å². The van der Waals surface area contributed by atoms with E-state index in [1.165, 1.54) is 23.6 Å². The van der Waals surface area contributed by atoms with Crippen LogP contribution in [-0.2, 0) is 22.9 Å². The summed E-state index contributed by atoms with van der Waals surface area (Å²) >= 11 is 0. The number of likely N-dealkylation sites (tertiary alicyclic amines) is 1. The maximum Gasteiger partial charge on any atom is 0.211 e. The lowest BCUT2D eigenvalue weighted by atomic mass is 9.89. The minimum absolute atomic E-state index is 0.192. The van der Waals surface area contributed by atoms with E-state index >= 15 is 0 Å². The third-order valence-electron chi connectivity index (χ3n) is 6.96. The maximum absolute atomic E-state index is 13.8. The van der Waals surface area contributed by atoms with Crippen LogP contribution in [0.5, 0.6) is 5.75 Å². The van der Waals surface area contributed by atoms with Crippen LogP contribution in [0.25, 0.3) is 0 Å². The van der Waals surface area contributed by atoms with Crippen molar-refractivity contribution in [3.8, 4) is 5.75 Å². The van der Waals surface area contributed by atoms with E-state index < -0.39 is 10.0 Å². The van der Waals surface area contributed by atoms with Crippen LogP contribution >= 0.6 is 0 Å². The zero-order valence-electron chi connectivity index (χ0n) is 18.3. The Balaban J connectivity index is 1.25. The molecule has 0 bridgehead atoms. The minimum Gasteiger partial charge on any atom is -0.492 e. The summed E-state index contributed by atoms with van der Waals surface area (Å²) in [5.74, 6) is 1.43. The van der Waals surface area contributed by atoms with Gasteiger partial charge < -0.3 is 4.74 Å². The van der Waals surface area contributed by atoms with E-state index in [-0.39, 0.29) is 18.1 Å². The molecule has 172 valence electrons. The fraction of sp³-hybridized carbons (Fsp3) is 0.520. The highest BCUT2D eigenvalue weighted by Gasteiger charge is 2.38. The molecule has 1 saturated carbocycles. The summed E-state index contributed by atoms with van der Waals surface area (Å²) in [5.41, 5.74) is 3.63. The number of sulfonamides is 1. The van der Waals surface area contributed by atoms with Gasteiger partial charge in [-0.15, -0.1) is 0 Å². The Labute approximate surface area is 190 Å². The van der Waals surface area contributed by atoms with Gasteiger partial charge >= 0.3 is 0 Å². The molecule has 2 fully saturated rings. The summed E-state index contributed by atoms with van der Waals surface area (Å²) in [4.78, 5) is 2.54. The van der Waals surface area contributed by atoms with Crippen molar-refractivity contribution in [3.63, 3.8) is 0 Å². The lowest BCUT2D eigenvalue weighted by Gasteiger charge is -2.39. The Hall–Kier alpha value is -1.96. The van der Waals surface area contributed by atoms with Crippen LogP contribution in [0.4, 0.5) is 4.39 Å². The number of ether oxygens (including phenoxy) is 1. The van der Waals surface area contributed by atoms with Crippen molar-refractivity contribution in [2.45, 2.75) is 44.1 Å². The standard InChI is InChI=1S/C25H31FN2O3S/c26-21-4-1-3-19(13-21)14-24-23-16-22(8-7-20(23)15-25(24)28-10-2-11-28)31-12-9-27-32(29,30)17-18-5-6-18/h1,3-4,7-8,13,16,18,24-25,27H,2,5-6,9-12,14-15,17H2. The van der Waals surface area contributed by atoms with Gasteiger partial charge in [0, 0.05) is 18.5 Å². The van der Waals surface area contributed by atoms with E-state index in [0.29, 0.717) is 24.5 Å². The molecule has 3 aliphatic rings. The first-order valence-electron chi connectivity index (χ1n) is 11.7. The van der Waals surface area contributed by atoms with Crippen LogP contribution < -0.4 is 9.46 Å². The van der Waals surface area contributed by atoms with Gasteiger partial charge in [0.05, 0.1) is 5.75 Å². The highest BCUT2D eigenvalue weighted by molar-refractivity contribution is 7.89. The molecule has 0 spiro atoms. The third kappa shape index (κ3) is 5.16.